The molecule has 116 valence electrons. The van der Waals surface area contributed by atoms with E-state index in [1.165, 1.54) is 0 Å². The molecule has 7 heteroatoms. The van der Waals surface area contributed by atoms with Crippen molar-refractivity contribution in [2.24, 2.45) is 0 Å². The van der Waals surface area contributed by atoms with Gasteiger partial charge in [-0.1, -0.05) is 6.07 Å². The minimum atomic E-state index is -3.31. The van der Waals surface area contributed by atoms with E-state index in [1.54, 1.807) is 30.5 Å². The summed E-state index contributed by atoms with van der Waals surface area (Å²) in [6, 6.07) is 11.9. The molecule has 1 heterocycles. The molecule has 1 amide bonds. The van der Waals surface area contributed by atoms with Crippen LogP contribution in [0.15, 0.2) is 48.7 Å². The van der Waals surface area contributed by atoms with Gasteiger partial charge in [-0.2, -0.15) is 0 Å². The molecular weight excluding hydrogens is 302 g/mol. The largest absolute Gasteiger partial charge is 0.352 e. The third-order valence-corrected chi connectivity index (χ3v) is 3.45. The van der Waals surface area contributed by atoms with E-state index in [0.717, 1.165) is 11.9 Å². The summed E-state index contributed by atoms with van der Waals surface area (Å²) in [6.45, 7) is 0.485. The van der Waals surface area contributed by atoms with Crippen LogP contribution in [0.2, 0.25) is 0 Å². The van der Waals surface area contributed by atoms with E-state index in [4.69, 9.17) is 0 Å². The molecule has 0 aliphatic carbocycles. The Morgan fingerprint density at radius 1 is 1.14 bits per heavy atom. The molecule has 22 heavy (non-hydrogen) atoms. The normalized spacial score (nSPS) is 11.0. The number of amides is 1. The molecule has 2 N–H and O–H groups in total. The molecule has 0 aliphatic rings. The molecule has 0 spiro atoms. The summed E-state index contributed by atoms with van der Waals surface area (Å²) in [4.78, 5) is 16.1. The molecule has 0 atom stereocenters. The number of anilines is 1. The zero-order valence-electron chi connectivity index (χ0n) is 12.1. The fraction of sp³-hybridized carbons (Fsp3) is 0.200. The number of nitrogens with zero attached hydrogens (tertiary/aromatic N) is 1. The highest BCUT2D eigenvalue weighted by Gasteiger charge is 2.06. The Bertz CT molecular complexity index is 728. The Morgan fingerprint density at radius 3 is 2.45 bits per heavy atom. The molecule has 2 aromatic rings. The Labute approximate surface area is 129 Å². The standard InChI is InChI=1S/C15H17N3O3S/c1-22(20,21)18-14-7-5-12(6-8-14)15(19)17-11-9-13-4-2-3-10-16-13/h2-8,10,18H,9,11H2,1H3,(H,17,19). The van der Waals surface area contributed by atoms with Crippen LogP contribution in [0.25, 0.3) is 0 Å². The summed E-state index contributed by atoms with van der Waals surface area (Å²) in [5, 5.41) is 2.80. The minimum absolute atomic E-state index is 0.207. The van der Waals surface area contributed by atoms with Gasteiger partial charge in [0.25, 0.3) is 5.91 Å². The highest BCUT2D eigenvalue weighted by atomic mass is 32.2. The van der Waals surface area contributed by atoms with Crippen LogP contribution in [0.5, 0.6) is 0 Å². The number of carbonyl (C=O) groups is 1. The van der Waals surface area contributed by atoms with Crippen LogP contribution in [-0.2, 0) is 16.4 Å². The van der Waals surface area contributed by atoms with Crippen LogP contribution >= 0.6 is 0 Å². The van der Waals surface area contributed by atoms with E-state index < -0.39 is 10.0 Å². The van der Waals surface area contributed by atoms with Gasteiger partial charge in [0, 0.05) is 36.1 Å². The maximum Gasteiger partial charge on any atom is 0.251 e. The third-order valence-electron chi connectivity index (χ3n) is 2.84. The average Bonchev–Trinajstić information content (AvgIpc) is 2.47. The van der Waals surface area contributed by atoms with Gasteiger partial charge >= 0.3 is 0 Å². The number of pyridine rings is 1. The molecule has 0 fully saturated rings. The maximum atomic E-state index is 12.0. The van der Waals surface area contributed by atoms with Crippen LogP contribution in [0.3, 0.4) is 0 Å². The lowest BCUT2D eigenvalue weighted by molar-refractivity contribution is 0.0954. The van der Waals surface area contributed by atoms with Crippen molar-refractivity contribution in [2.45, 2.75) is 6.42 Å². The van der Waals surface area contributed by atoms with Gasteiger partial charge in [0.05, 0.1) is 6.26 Å². The predicted molar refractivity (Wildman–Crippen MR) is 85.2 cm³/mol. The molecule has 2 rings (SSSR count). The van der Waals surface area contributed by atoms with Crippen LogP contribution in [0.1, 0.15) is 16.1 Å². The molecule has 1 aromatic heterocycles. The second kappa shape index (κ2) is 7.04. The van der Waals surface area contributed by atoms with Crippen molar-refractivity contribution in [1.29, 1.82) is 0 Å². The zero-order valence-corrected chi connectivity index (χ0v) is 12.9. The molecule has 0 radical (unpaired) electrons. The number of hydrogen-bond donors (Lipinski definition) is 2. The maximum absolute atomic E-state index is 12.0. The smallest absolute Gasteiger partial charge is 0.251 e. The summed E-state index contributed by atoms with van der Waals surface area (Å²) in [7, 11) is -3.31. The van der Waals surface area contributed by atoms with Gasteiger partial charge < -0.3 is 5.32 Å². The summed E-state index contributed by atoms with van der Waals surface area (Å²) in [5.74, 6) is -0.207. The number of sulfonamides is 1. The first-order valence-electron chi connectivity index (χ1n) is 6.70. The Hall–Kier alpha value is -2.41. The van der Waals surface area contributed by atoms with Gasteiger partial charge in [0.1, 0.15) is 0 Å². The molecule has 1 aromatic carbocycles. The molecule has 0 saturated heterocycles. The third kappa shape index (κ3) is 5.17. The summed E-state index contributed by atoms with van der Waals surface area (Å²) in [6.07, 6.45) is 3.44. The van der Waals surface area contributed by atoms with E-state index in [1.807, 2.05) is 18.2 Å². The van der Waals surface area contributed by atoms with Crippen molar-refractivity contribution >= 4 is 21.6 Å². The van der Waals surface area contributed by atoms with E-state index in [2.05, 4.69) is 15.0 Å². The van der Waals surface area contributed by atoms with Crippen molar-refractivity contribution in [3.63, 3.8) is 0 Å². The van der Waals surface area contributed by atoms with Crippen LogP contribution in [0.4, 0.5) is 5.69 Å². The van der Waals surface area contributed by atoms with Crippen LogP contribution in [0, 0.1) is 0 Å². The van der Waals surface area contributed by atoms with Gasteiger partial charge in [-0.3, -0.25) is 14.5 Å². The molecule has 0 saturated carbocycles. The fourth-order valence-electron chi connectivity index (χ4n) is 1.86. The Morgan fingerprint density at radius 2 is 1.86 bits per heavy atom. The van der Waals surface area contributed by atoms with Crippen molar-refractivity contribution < 1.29 is 13.2 Å². The number of carbonyl (C=O) groups excluding carboxylic acids is 1. The van der Waals surface area contributed by atoms with Crippen molar-refractivity contribution in [3.05, 3.63) is 59.9 Å². The van der Waals surface area contributed by atoms with E-state index >= 15 is 0 Å². The highest BCUT2D eigenvalue weighted by molar-refractivity contribution is 7.92. The minimum Gasteiger partial charge on any atom is -0.352 e. The highest BCUT2D eigenvalue weighted by Crippen LogP contribution is 2.10. The molecule has 0 aliphatic heterocycles. The van der Waals surface area contributed by atoms with E-state index in [0.29, 0.717) is 24.2 Å². The molecular formula is C15H17N3O3S. The lowest BCUT2D eigenvalue weighted by atomic mass is 10.2. The van der Waals surface area contributed by atoms with Gasteiger partial charge in [-0.15, -0.1) is 0 Å². The van der Waals surface area contributed by atoms with Gasteiger partial charge in [-0.25, -0.2) is 8.42 Å². The van der Waals surface area contributed by atoms with Crippen LogP contribution < -0.4 is 10.0 Å². The first kappa shape index (κ1) is 16.0. The van der Waals surface area contributed by atoms with Gasteiger partial charge in [0.2, 0.25) is 10.0 Å². The van der Waals surface area contributed by atoms with Gasteiger partial charge in [0.15, 0.2) is 0 Å². The van der Waals surface area contributed by atoms with Crippen molar-refractivity contribution in [2.75, 3.05) is 17.5 Å². The first-order chi connectivity index (χ1) is 10.4. The molecule has 6 nitrogen and oxygen atoms in total. The summed E-state index contributed by atoms with van der Waals surface area (Å²) in [5.41, 5.74) is 1.81. The second-order valence-corrected chi connectivity index (χ2v) is 6.53. The lowest BCUT2D eigenvalue weighted by Gasteiger charge is -2.07. The Balaban J connectivity index is 1.87. The molecule has 0 bridgehead atoms. The van der Waals surface area contributed by atoms with Gasteiger partial charge in [-0.05, 0) is 36.4 Å². The predicted octanol–water partition coefficient (Wildman–Crippen LogP) is 1.43. The number of benzene rings is 1. The van der Waals surface area contributed by atoms with Crippen LogP contribution in [-0.4, -0.2) is 32.1 Å². The fourth-order valence-corrected chi connectivity index (χ4v) is 2.42. The number of rotatable bonds is 6. The zero-order chi connectivity index (χ0) is 16.0. The lowest BCUT2D eigenvalue weighted by Crippen LogP contribution is -2.25. The SMILES string of the molecule is CS(=O)(=O)Nc1ccc(C(=O)NCCc2ccccn2)cc1. The average molecular weight is 319 g/mol. The number of hydrogen-bond acceptors (Lipinski definition) is 4. The monoisotopic (exact) mass is 319 g/mol. The first-order valence-corrected chi connectivity index (χ1v) is 8.59. The second-order valence-electron chi connectivity index (χ2n) is 4.78. The van der Waals surface area contributed by atoms with Crippen molar-refractivity contribution in [3.8, 4) is 0 Å². The summed E-state index contributed by atoms with van der Waals surface area (Å²) >= 11 is 0. The molecule has 0 unspecified atom stereocenters. The number of nitrogens with one attached hydrogen (secondary N) is 2. The quantitative estimate of drug-likeness (QED) is 0.843. The van der Waals surface area contributed by atoms with E-state index in [9.17, 15) is 13.2 Å². The van der Waals surface area contributed by atoms with Crippen molar-refractivity contribution in [1.82, 2.24) is 10.3 Å². The summed E-state index contributed by atoms with van der Waals surface area (Å²) < 4.78 is 24.5. The Kier molecular flexibility index (Phi) is 5.11. The number of aromatic nitrogens is 1. The topological polar surface area (TPSA) is 88.2 Å². The van der Waals surface area contributed by atoms with E-state index in [-0.39, 0.29) is 5.91 Å².